The largest absolute Gasteiger partial charge is 0.309 e. The third-order valence-corrected chi connectivity index (χ3v) is 11.9. The summed E-state index contributed by atoms with van der Waals surface area (Å²) in [5.41, 5.74) is 9.61. The molecule has 12 aromatic rings. The Morgan fingerprint density at radius 1 is 0.339 bits per heavy atom. The summed E-state index contributed by atoms with van der Waals surface area (Å²) in [6.45, 7) is 0. The van der Waals surface area contributed by atoms with Gasteiger partial charge in [-0.1, -0.05) is 158 Å². The molecular weight excluding hydrogens is 677 g/mol. The maximum atomic E-state index is 2.46. The molecule has 0 saturated heterocycles. The Bertz CT molecular complexity index is 3360. The van der Waals surface area contributed by atoms with Gasteiger partial charge in [-0.3, -0.25) is 0 Å². The van der Waals surface area contributed by atoms with Gasteiger partial charge >= 0.3 is 0 Å². The van der Waals surface area contributed by atoms with Crippen molar-refractivity contribution < 1.29 is 0 Å². The first-order chi connectivity index (χ1) is 27.8. The van der Waals surface area contributed by atoms with Gasteiger partial charge in [-0.2, -0.15) is 0 Å². The number of anilines is 3. The van der Waals surface area contributed by atoms with Crippen LogP contribution in [0.4, 0.5) is 17.1 Å². The lowest BCUT2D eigenvalue weighted by atomic mass is 9.85. The average molecular weight is 711 g/mol. The summed E-state index contributed by atoms with van der Waals surface area (Å²) in [6.07, 6.45) is 0. The van der Waals surface area contributed by atoms with Crippen molar-refractivity contribution >= 4 is 92.7 Å². The zero-order valence-electron chi connectivity index (χ0n) is 30.5. The highest BCUT2D eigenvalue weighted by Gasteiger charge is 2.24. The van der Waals surface area contributed by atoms with Crippen molar-refractivity contribution in [3.63, 3.8) is 0 Å². The van der Waals surface area contributed by atoms with E-state index in [0.717, 1.165) is 11.4 Å². The molecule has 1 heterocycles. The minimum atomic E-state index is 1.13. The Labute approximate surface area is 324 Å². The second-order valence-electron chi connectivity index (χ2n) is 14.8. The highest BCUT2D eigenvalue weighted by Crippen LogP contribution is 2.51. The number of hydrogen-bond donors (Lipinski definition) is 0. The van der Waals surface area contributed by atoms with Gasteiger partial charge in [-0.15, -0.1) is 0 Å². The molecule has 0 spiro atoms. The van der Waals surface area contributed by atoms with Crippen molar-refractivity contribution in [1.29, 1.82) is 0 Å². The Balaban J connectivity index is 1.20. The zero-order chi connectivity index (χ0) is 36.7. The molecule has 56 heavy (non-hydrogen) atoms. The van der Waals surface area contributed by atoms with Crippen molar-refractivity contribution in [2.75, 3.05) is 4.90 Å². The van der Waals surface area contributed by atoms with Crippen LogP contribution in [0.2, 0.25) is 0 Å². The lowest BCUT2D eigenvalue weighted by molar-refractivity contribution is 1.19. The zero-order valence-corrected chi connectivity index (χ0v) is 30.5. The predicted molar refractivity (Wildman–Crippen MR) is 240 cm³/mol. The number of nitrogens with zero attached hydrogens (tertiary/aromatic N) is 2. The molecule has 0 bridgehead atoms. The molecule has 0 saturated carbocycles. The molecule has 0 unspecified atom stereocenters. The highest BCUT2D eigenvalue weighted by atomic mass is 15.1. The third-order valence-electron chi connectivity index (χ3n) is 11.9. The van der Waals surface area contributed by atoms with Crippen LogP contribution in [-0.4, -0.2) is 4.57 Å². The number of benzene rings is 11. The monoisotopic (exact) mass is 710 g/mol. The molecular formula is C54H34N2. The van der Waals surface area contributed by atoms with Gasteiger partial charge in [0.1, 0.15) is 0 Å². The summed E-state index contributed by atoms with van der Waals surface area (Å²) in [6, 6.07) is 75.7. The van der Waals surface area contributed by atoms with Gasteiger partial charge in [0.2, 0.25) is 0 Å². The molecule has 1 aromatic heterocycles. The highest BCUT2D eigenvalue weighted by molar-refractivity contribution is 6.34. The van der Waals surface area contributed by atoms with Crippen molar-refractivity contribution in [1.82, 2.24) is 4.57 Å². The smallest absolute Gasteiger partial charge is 0.0620 e. The fourth-order valence-corrected chi connectivity index (χ4v) is 9.59. The van der Waals surface area contributed by atoms with E-state index in [0.29, 0.717) is 0 Å². The van der Waals surface area contributed by atoms with E-state index < -0.39 is 0 Å². The van der Waals surface area contributed by atoms with Crippen LogP contribution in [0, 0.1) is 0 Å². The van der Waals surface area contributed by atoms with Crippen LogP contribution in [0.15, 0.2) is 206 Å². The molecule has 0 amide bonds. The van der Waals surface area contributed by atoms with Crippen LogP contribution in [0.1, 0.15) is 0 Å². The Kier molecular flexibility index (Phi) is 6.66. The average Bonchev–Trinajstić information content (AvgIpc) is 3.61. The van der Waals surface area contributed by atoms with Gasteiger partial charge in [-0.25, -0.2) is 0 Å². The van der Waals surface area contributed by atoms with E-state index in [1.165, 1.54) is 98.2 Å². The molecule has 260 valence electrons. The summed E-state index contributed by atoms with van der Waals surface area (Å²) in [7, 11) is 0. The number of aromatic nitrogens is 1. The molecule has 0 atom stereocenters. The molecule has 11 aromatic carbocycles. The van der Waals surface area contributed by atoms with E-state index in [2.05, 4.69) is 216 Å². The van der Waals surface area contributed by atoms with E-state index >= 15 is 0 Å². The minimum Gasteiger partial charge on any atom is -0.309 e. The lowest BCUT2D eigenvalue weighted by Gasteiger charge is -2.29. The molecule has 0 radical (unpaired) electrons. The topological polar surface area (TPSA) is 8.17 Å². The lowest BCUT2D eigenvalue weighted by Crippen LogP contribution is -2.11. The van der Waals surface area contributed by atoms with E-state index in [1.54, 1.807) is 0 Å². The second kappa shape index (κ2) is 12.0. The van der Waals surface area contributed by atoms with Crippen LogP contribution < -0.4 is 4.90 Å². The van der Waals surface area contributed by atoms with E-state index in [9.17, 15) is 0 Å². The summed E-state index contributed by atoms with van der Waals surface area (Å²) in [4.78, 5) is 2.43. The summed E-state index contributed by atoms with van der Waals surface area (Å²) in [5.74, 6) is 0. The van der Waals surface area contributed by atoms with Crippen LogP contribution in [0.5, 0.6) is 0 Å². The fraction of sp³-hybridized carbons (Fsp3) is 0. The van der Waals surface area contributed by atoms with Gasteiger partial charge in [0, 0.05) is 44.0 Å². The van der Waals surface area contributed by atoms with Crippen molar-refractivity contribution in [2.45, 2.75) is 0 Å². The molecule has 0 N–H and O–H groups in total. The number of para-hydroxylation sites is 4. The Morgan fingerprint density at radius 2 is 0.839 bits per heavy atom. The minimum absolute atomic E-state index is 1.13. The summed E-state index contributed by atoms with van der Waals surface area (Å²) < 4.78 is 2.46. The van der Waals surface area contributed by atoms with E-state index in [1.807, 2.05) is 0 Å². The maximum Gasteiger partial charge on any atom is 0.0620 e. The van der Waals surface area contributed by atoms with E-state index in [4.69, 9.17) is 0 Å². The van der Waals surface area contributed by atoms with Crippen LogP contribution in [0.3, 0.4) is 0 Å². The van der Waals surface area contributed by atoms with Gasteiger partial charge in [0.25, 0.3) is 0 Å². The number of hydrogen-bond acceptors (Lipinski definition) is 1. The molecule has 12 rings (SSSR count). The first-order valence-corrected chi connectivity index (χ1v) is 19.4. The van der Waals surface area contributed by atoms with Crippen molar-refractivity contribution in [3.05, 3.63) is 206 Å². The van der Waals surface area contributed by atoms with Gasteiger partial charge in [0.05, 0.1) is 16.7 Å². The van der Waals surface area contributed by atoms with Gasteiger partial charge in [-0.05, 0) is 97.4 Å². The standard InChI is InChI=1S/C54H34N2/c1-4-16-37(17-5-1)55(38-18-6-2-7-19-38)53-45-25-12-10-23-41(45)52(42-24-11-13-26-46(42)53)44-31-30-35-28-29-36-34-48-40-22-14-15-27-49(40)56(39-20-8-3-9-21-39)54(48)47-33-32-43(44)50(35)51(36)47/h1-34H. The number of rotatable bonds is 5. The van der Waals surface area contributed by atoms with Gasteiger partial charge < -0.3 is 9.47 Å². The quantitative estimate of drug-likeness (QED) is 0.128. The predicted octanol–water partition coefficient (Wildman–Crippen LogP) is 15.1. The Morgan fingerprint density at radius 3 is 1.50 bits per heavy atom. The third kappa shape index (κ3) is 4.38. The molecule has 0 aliphatic heterocycles. The van der Waals surface area contributed by atoms with Gasteiger partial charge in [0.15, 0.2) is 0 Å². The molecule has 0 aliphatic carbocycles. The summed E-state index contributed by atoms with van der Waals surface area (Å²) >= 11 is 0. The molecule has 2 heteroatoms. The normalized spacial score (nSPS) is 11.9. The summed E-state index contributed by atoms with van der Waals surface area (Å²) in [5, 5.41) is 15.2. The molecule has 0 fully saturated rings. The van der Waals surface area contributed by atoms with Crippen LogP contribution in [0.25, 0.3) is 92.5 Å². The second-order valence-corrected chi connectivity index (χ2v) is 14.8. The SMILES string of the molecule is c1ccc(N(c2ccccc2)c2c3ccccc3c(-c3ccc4ccc5cc6c7ccccc7n(-c7ccccc7)c6c6ccc3c4c56)c3ccccc23)cc1. The first-order valence-electron chi connectivity index (χ1n) is 19.4. The maximum absolute atomic E-state index is 2.46. The first kappa shape index (κ1) is 31.0. The van der Waals surface area contributed by atoms with Crippen molar-refractivity contribution in [2.24, 2.45) is 0 Å². The fourth-order valence-electron chi connectivity index (χ4n) is 9.59. The van der Waals surface area contributed by atoms with E-state index in [-0.39, 0.29) is 0 Å². The molecule has 2 nitrogen and oxygen atoms in total. The van der Waals surface area contributed by atoms with Crippen molar-refractivity contribution in [3.8, 4) is 16.8 Å². The van der Waals surface area contributed by atoms with Crippen LogP contribution in [-0.2, 0) is 0 Å². The Hall–Kier alpha value is -7.42. The number of fused-ring (bicyclic) bond motifs is 6. The molecule has 0 aliphatic rings. The van der Waals surface area contributed by atoms with Crippen LogP contribution >= 0.6 is 0 Å².